The van der Waals surface area contributed by atoms with Gasteiger partial charge in [0.05, 0.1) is 5.69 Å². The first-order valence-corrected chi connectivity index (χ1v) is 8.33. The van der Waals surface area contributed by atoms with E-state index < -0.39 is 0 Å². The molecule has 4 rings (SSSR count). The van der Waals surface area contributed by atoms with Gasteiger partial charge < -0.3 is 9.80 Å². The smallest absolute Gasteiger partial charge is 0.125 e. The molecule has 1 aliphatic rings. The minimum absolute atomic E-state index is 0.215. The lowest BCUT2D eigenvalue weighted by atomic mass is 10.0. The van der Waals surface area contributed by atoms with Crippen molar-refractivity contribution in [2.24, 2.45) is 0 Å². The van der Waals surface area contributed by atoms with E-state index in [0.717, 1.165) is 42.3 Å². The SMILES string of the molecule is CN1CCN(c2cccc(F)c2)c2ccc(-c3cccnn3)cc2C1. The van der Waals surface area contributed by atoms with Crippen LogP contribution in [0, 0.1) is 5.82 Å². The van der Waals surface area contributed by atoms with Crippen LogP contribution >= 0.6 is 0 Å². The lowest BCUT2D eigenvalue weighted by Crippen LogP contribution is -2.26. The summed E-state index contributed by atoms with van der Waals surface area (Å²) >= 11 is 0. The number of anilines is 2. The topological polar surface area (TPSA) is 32.3 Å². The molecule has 1 aromatic heterocycles. The van der Waals surface area contributed by atoms with Crippen LogP contribution in [0.25, 0.3) is 11.3 Å². The van der Waals surface area contributed by atoms with E-state index in [9.17, 15) is 4.39 Å². The molecule has 2 heterocycles. The van der Waals surface area contributed by atoms with Gasteiger partial charge in [-0.05, 0) is 55.1 Å². The second-order valence-corrected chi connectivity index (χ2v) is 6.32. The predicted molar refractivity (Wildman–Crippen MR) is 97.2 cm³/mol. The molecule has 0 aliphatic carbocycles. The van der Waals surface area contributed by atoms with Crippen LogP contribution in [0.15, 0.2) is 60.8 Å². The van der Waals surface area contributed by atoms with Crippen molar-refractivity contribution in [3.05, 3.63) is 72.2 Å². The zero-order chi connectivity index (χ0) is 17.2. The first-order chi connectivity index (χ1) is 12.2. The average molecular weight is 334 g/mol. The van der Waals surface area contributed by atoms with Crippen molar-refractivity contribution in [1.29, 1.82) is 0 Å². The molecule has 5 heteroatoms. The van der Waals surface area contributed by atoms with Crippen LogP contribution < -0.4 is 4.90 Å². The Morgan fingerprint density at radius 3 is 2.72 bits per heavy atom. The maximum Gasteiger partial charge on any atom is 0.125 e. The second-order valence-electron chi connectivity index (χ2n) is 6.32. The van der Waals surface area contributed by atoms with Crippen LogP contribution in [-0.2, 0) is 6.54 Å². The highest BCUT2D eigenvalue weighted by molar-refractivity contribution is 5.72. The van der Waals surface area contributed by atoms with Crippen LogP contribution in [0.3, 0.4) is 0 Å². The van der Waals surface area contributed by atoms with Gasteiger partial charge in [-0.25, -0.2) is 4.39 Å². The predicted octanol–water partition coefficient (Wildman–Crippen LogP) is 3.87. The summed E-state index contributed by atoms with van der Waals surface area (Å²) < 4.78 is 13.7. The monoisotopic (exact) mass is 334 g/mol. The molecule has 0 spiro atoms. The number of halogens is 1. The molecule has 0 saturated carbocycles. The summed E-state index contributed by atoms with van der Waals surface area (Å²) in [7, 11) is 2.11. The molecule has 0 unspecified atom stereocenters. The molecule has 25 heavy (non-hydrogen) atoms. The fourth-order valence-corrected chi connectivity index (χ4v) is 3.26. The minimum atomic E-state index is -0.215. The molecule has 0 amide bonds. The Morgan fingerprint density at radius 1 is 1.00 bits per heavy atom. The van der Waals surface area contributed by atoms with E-state index in [4.69, 9.17) is 0 Å². The van der Waals surface area contributed by atoms with Gasteiger partial charge in [-0.15, -0.1) is 0 Å². The van der Waals surface area contributed by atoms with Gasteiger partial charge in [-0.3, -0.25) is 0 Å². The number of likely N-dealkylation sites (N-methyl/N-ethyl adjacent to an activating group) is 1. The van der Waals surface area contributed by atoms with Gasteiger partial charge >= 0.3 is 0 Å². The zero-order valence-electron chi connectivity index (χ0n) is 14.1. The van der Waals surface area contributed by atoms with Crippen LogP contribution in [0.4, 0.5) is 15.8 Å². The van der Waals surface area contributed by atoms with Crippen LogP contribution in [0.1, 0.15) is 5.56 Å². The molecule has 3 aromatic rings. The fraction of sp³-hybridized carbons (Fsp3) is 0.200. The maximum absolute atomic E-state index is 13.7. The number of nitrogens with zero attached hydrogens (tertiary/aromatic N) is 4. The number of benzene rings is 2. The summed E-state index contributed by atoms with van der Waals surface area (Å²) in [6, 6.07) is 16.9. The lowest BCUT2D eigenvalue weighted by Gasteiger charge is -2.25. The molecule has 0 atom stereocenters. The van der Waals surface area contributed by atoms with Crippen molar-refractivity contribution in [3.8, 4) is 11.3 Å². The van der Waals surface area contributed by atoms with Crippen molar-refractivity contribution >= 4 is 11.4 Å². The minimum Gasteiger partial charge on any atom is -0.340 e. The van der Waals surface area contributed by atoms with E-state index in [-0.39, 0.29) is 5.82 Å². The summed E-state index contributed by atoms with van der Waals surface area (Å²) in [5.74, 6) is -0.215. The molecule has 0 bridgehead atoms. The normalized spacial score (nSPS) is 14.9. The van der Waals surface area contributed by atoms with E-state index in [1.807, 2.05) is 18.2 Å². The first-order valence-electron chi connectivity index (χ1n) is 8.33. The molecule has 0 radical (unpaired) electrons. The molecule has 0 saturated heterocycles. The Bertz CT molecular complexity index is 882. The highest BCUT2D eigenvalue weighted by atomic mass is 19.1. The summed E-state index contributed by atoms with van der Waals surface area (Å²) in [6.45, 7) is 2.57. The van der Waals surface area contributed by atoms with E-state index in [0.29, 0.717) is 0 Å². The van der Waals surface area contributed by atoms with Crippen molar-refractivity contribution in [2.45, 2.75) is 6.54 Å². The molecule has 4 nitrogen and oxygen atoms in total. The van der Waals surface area contributed by atoms with Crippen molar-refractivity contribution in [3.63, 3.8) is 0 Å². The van der Waals surface area contributed by atoms with Crippen LogP contribution in [0.5, 0.6) is 0 Å². The number of hydrogen-bond acceptors (Lipinski definition) is 4. The van der Waals surface area contributed by atoms with E-state index in [1.54, 1.807) is 18.3 Å². The van der Waals surface area contributed by atoms with Gasteiger partial charge in [0.1, 0.15) is 5.82 Å². The third-order valence-corrected chi connectivity index (χ3v) is 4.50. The van der Waals surface area contributed by atoms with Gasteiger partial charge in [0.15, 0.2) is 0 Å². The van der Waals surface area contributed by atoms with Crippen molar-refractivity contribution < 1.29 is 4.39 Å². The summed E-state index contributed by atoms with van der Waals surface area (Å²) in [5.41, 5.74) is 5.09. The maximum atomic E-state index is 13.7. The number of aromatic nitrogens is 2. The third-order valence-electron chi connectivity index (χ3n) is 4.50. The number of fused-ring (bicyclic) bond motifs is 1. The Balaban J connectivity index is 1.79. The first kappa shape index (κ1) is 15.7. The van der Waals surface area contributed by atoms with E-state index >= 15 is 0 Å². The highest BCUT2D eigenvalue weighted by Gasteiger charge is 2.20. The molecular formula is C20H19FN4. The largest absolute Gasteiger partial charge is 0.340 e. The van der Waals surface area contributed by atoms with Gasteiger partial charge in [0.25, 0.3) is 0 Å². The van der Waals surface area contributed by atoms with Crippen molar-refractivity contribution in [2.75, 3.05) is 25.0 Å². The fourth-order valence-electron chi connectivity index (χ4n) is 3.26. The standard InChI is InChI=1S/C20H19FN4/c1-24-10-11-25(18-5-2-4-17(21)13-18)20-8-7-15(12-16(20)14-24)19-6-3-9-22-23-19/h2-9,12-13H,10-11,14H2,1H3. The number of hydrogen-bond donors (Lipinski definition) is 0. The Labute approximate surface area is 146 Å². The lowest BCUT2D eigenvalue weighted by molar-refractivity contribution is 0.343. The zero-order valence-corrected chi connectivity index (χ0v) is 14.1. The van der Waals surface area contributed by atoms with E-state index in [2.05, 4.69) is 45.2 Å². The third kappa shape index (κ3) is 3.23. The summed E-state index contributed by atoms with van der Waals surface area (Å²) in [4.78, 5) is 4.46. The Morgan fingerprint density at radius 2 is 1.92 bits per heavy atom. The van der Waals surface area contributed by atoms with Gasteiger partial charge in [0.2, 0.25) is 0 Å². The Hall–Kier alpha value is -2.79. The van der Waals surface area contributed by atoms with Crippen LogP contribution in [-0.4, -0.2) is 35.2 Å². The van der Waals surface area contributed by atoms with Crippen LogP contribution in [0.2, 0.25) is 0 Å². The molecule has 0 N–H and O–H groups in total. The van der Waals surface area contributed by atoms with Gasteiger partial charge in [0, 0.05) is 42.8 Å². The molecular weight excluding hydrogens is 315 g/mol. The quantitative estimate of drug-likeness (QED) is 0.712. The molecule has 0 fully saturated rings. The summed E-state index contributed by atoms with van der Waals surface area (Å²) in [6.07, 6.45) is 1.67. The highest BCUT2D eigenvalue weighted by Crippen LogP contribution is 2.34. The van der Waals surface area contributed by atoms with Gasteiger partial charge in [-0.2, -0.15) is 10.2 Å². The van der Waals surface area contributed by atoms with E-state index in [1.165, 1.54) is 11.6 Å². The Kier molecular flexibility index (Phi) is 4.15. The summed E-state index contributed by atoms with van der Waals surface area (Å²) in [5, 5.41) is 8.17. The second kappa shape index (κ2) is 6.61. The molecule has 2 aromatic carbocycles. The van der Waals surface area contributed by atoms with Crippen molar-refractivity contribution in [1.82, 2.24) is 15.1 Å². The average Bonchev–Trinajstić information content (AvgIpc) is 2.80. The van der Waals surface area contributed by atoms with Gasteiger partial charge in [-0.1, -0.05) is 12.1 Å². The molecule has 1 aliphatic heterocycles. The number of rotatable bonds is 2. The molecule has 126 valence electrons.